The fourth-order valence-corrected chi connectivity index (χ4v) is 2.61. The Balaban J connectivity index is 1.94. The quantitative estimate of drug-likeness (QED) is 0.777. The van der Waals surface area contributed by atoms with Crippen LogP contribution >= 0.6 is 0 Å². The summed E-state index contributed by atoms with van der Waals surface area (Å²) >= 11 is 0. The molecule has 1 unspecified atom stereocenters. The van der Waals surface area contributed by atoms with Crippen molar-refractivity contribution in [1.29, 1.82) is 0 Å². The number of nitrogens with zero attached hydrogens (tertiary/aromatic N) is 1. The standard InChI is InChI=1S/C14H14FNO3/c15-9-3-4-11-10(8-9)12(17)5-6-16(11)14(18)13-2-1-7-19-13/h3-4,8,13H,1-2,5-7H2. The maximum Gasteiger partial charge on any atom is 0.256 e. The summed E-state index contributed by atoms with van der Waals surface area (Å²) < 4.78 is 18.6. The van der Waals surface area contributed by atoms with Gasteiger partial charge in [0, 0.05) is 25.1 Å². The molecule has 19 heavy (non-hydrogen) atoms. The molecule has 2 aliphatic rings. The Hall–Kier alpha value is -1.75. The van der Waals surface area contributed by atoms with Gasteiger partial charge in [0.1, 0.15) is 11.9 Å². The molecule has 3 rings (SSSR count). The number of amides is 1. The Morgan fingerprint density at radius 1 is 1.42 bits per heavy atom. The van der Waals surface area contributed by atoms with E-state index in [9.17, 15) is 14.0 Å². The van der Waals surface area contributed by atoms with Gasteiger partial charge in [0.2, 0.25) is 0 Å². The fraction of sp³-hybridized carbons (Fsp3) is 0.429. The molecular weight excluding hydrogens is 249 g/mol. The number of benzene rings is 1. The van der Waals surface area contributed by atoms with Gasteiger partial charge in [-0.1, -0.05) is 0 Å². The Morgan fingerprint density at radius 3 is 3.00 bits per heavy atom. The maximum absolute atomic E-state index is 13.2. The van der Waals surface area contributed by atoms with Crippen LogP contribution in [0.1, 0.15) is 29.6 Å². The summed E-state index contributed by atoms with van der Waals surface area (Å²) in [5.41, 5.74) is 0.788. The summed E-state index contributed by atoms with van der Waals surface area (Å²) in [4.78, 5) is 25.7. The van der Waals surface area contributed by atoms with Crippen LogP contribution in [0.25, 0.3) is 0 Å². The van der Waals surface area contributed by atoms with Crippen molar-refractivity contribution in [3.05, 3.63) is 29.6 Å². The van der Waals surface area contributed by atoms with Crippen LogP contribution in [0.2, 0.25) is 0 Å². The molecule has 0 radical (unpaired) electrons. The summed E-state index contributed by atoms with van der Waals surface area (Å²) in [6.45, 7) is 0.940. The second kappa shape index (κ2) is 4.74. The van der Waals surface area contributed by atoms with E-state index in [1.165, 1.54) is 18.2 Å². The molecule has 5 heteroatoms. The van der Waals surface area contributed by atoms with Gasteiger partial charge < -0.3 is 9.64 Å². The molecule has 1 fully saturated rings. The molecule has 1 amide bonds. The zero-order valence-electron chi connectivity index (χ0n) is 10.4. The van der Waals surface area contributed by atoms with Crippen molar-refractivity contribution < 1.29 is 18.7 Å². The topological polar surface area (TPSA) is 46.6 Å². The molecule has 1 saturated heterocycles. The summed E-state index contributed by atoms with van der Waals surface area (Å²) in [6, 6.07) is 3.97. The zero-order valence-corrected chi connectivity index (χ0v) is 10.4. The van der Waals surface area contributed by atoms with Crippen molar-refractivity contribution in [2.75, 3.05) is 18.1 Å². The van der Waals surface area contributed by atoms with E-state index in [-0.39, 0.29) is 23.7 Å². The third kappa shape index (κ3) is 2.14. The van der Waals surface area contributed by atoms with Crippen LogP contribution in [-0.2, 0) is 9.53 Å². The smallest absolute Gasteiger partial charge is 0.256 e. The van der Waals surface area contributed by atoms with Crippen molar-refractivity contribution in [2.24, 2.45) is 0 Å². The minimum atomic E-state index is -0.460. The number of ether oxygens (including phenoxy) is 1. The first-order valence-electron chi connectivity index (χ1n) is 6.42. The van der Waals surface area contributed by atoms with E-state index in [4.69, 9.17) is 4.74 Å². The second-order valence-corrected chi connectivity index (χ2v) is 4.83. The van der Waals surface area contributed by atoms with E-state index in [1.807, 2.05) is 0 Å². The highest BCUT2D eigenvalue weighted by molar-refractivity contribution is 6.09. The Labute approximate surface area is 110 Å². The van der Waals surface area contributed by atoms with E-state index in [1.54, 1.807) is 4.90 Å². The van der Waals surface area contributed by atoms with Gasteiger partial charge in [-0.3, -0.25) is 9.59 Å². The van der Waals surface area contributed by atoms with Crippen LogP contribution in [0.3, 0.4) is 0 Å². The Bertz CT molecular complexity index is 537. The lowest BCUT2D eigenvalue weighted by atomic mass is 9.99. The third-order valence-corrected chi connectivity index (χ3v) is 3.58. The van der Waals surface area contributed by atoms with Crippen molar-refractivity contribution in [1.82, 2.24) is 0 Å². The highest BCUT2D eigenvalue weighted by atomic mass is 19.1. The first-order valence-corrected chi connectivity index (χ1v) is 6.42. The largest absolute Gasteiger partial charge is 0.368 e. The average molecular weight is 263 g/mol. The lowest BCUT2D eigenvalue weighted by Crippen LogP contribution is -2.43. The van der Waals surface area contributed by atoms with Gasteiger partial charge in [-0.25, -0.2) is 4.39 Å². The first-order chi connectivity index (χ1) is 9.16. The molecule has 2 heterocycles. The number of hydrogen-bond acceptors (Lipinski definition) is 3. The molecule has 1 atom stereocenters. The molecule has 4 nitrogen and oxygen atoms in total. The fourth-order valence-electron chi connectivity index (χ4n) is 2.61. The molecule has 0 saturated carbocycles. The molecular formula is C14H14FNO3. The number of halogens is 1. The molecule has 2 aliphatic heterocycles. The SMILES string of the molecule is O=C1CCN(C(=O)C2CCCO2)c2ccc(F)cc21. The predicted molar refractivity (Wildman–Crippen MR) is 66.7 cm³/mol. The molecule has 0 aliphatic carbocycles. The van der Waals surface area contributed by atoms with Crippen LogP contribution in [-0.4, -0.2) is 30.9 Å². The van der Waals surface area contributed by atoms with Gasteiger partial charge in [-0.2, -0.15) is 0 Å². The summed E-state index contributed by atoms with van der Waals surface area (Å²) in [5.74, 6) is -0.706. The number of ketones is 1. The molecule has 0 bridgehead atoms. The Kier molecular flexibility index (Phi) is 3.06. The van der Waals surface area contributed by atoms with Crippen molar-refractivity contribution in [3.63, 3.8) is 0 Å². The van der Waals surface area contributed by atoms with E-state index < -0.39 is 11.9 Å². The number of carbonyl (C=O) groups is 2. The van der Waals surface area contributed by atoms with Crippen LogP contribution in [0, 0.1) is 5.82 Å². The van der Waals surface area contributed by atoms with E-state index in [0.29, 0.717) is 25.3 Å². The van der Waals surface area contributed by atoms with E-state index in [2.05, 4.69) is 0 Å². The summed E-state index contributed by atoms with van der Waals surface area (Å²) in [6.07, 6.45) is 1.39. The number of hydrogen-bond donors (Lipinski definition) is 0. The highest BCUT2D eigenvalue weighted by Crippen LogP contribution is 2.29. The number of fused-ring (bicyclic) bond motifs is 1. The van der Waals surface area contributed by atoms with Crippen molar-refractivity contribution in [3.8, 4) is 0 Å². The van der Waals surface area contributed by atoms with Gasteiger partial charge in [0.05, 0.1) is 5.69 Å². The minimum absolute atomic E-state index is 0.120. The monoisotopic (exact) mass is 263 g/mol. The number of anilines is 1. The van der Waals surface area contributed by atoms with E-state index in [0.717, 1.165) is 6.42 Å². The minimum Gasteiger partial charge on any atom is -0.368 e. The zero-order chi connectivity index (χ0) is 13.4. The van der Waals surface area contributed by atoms with Crippen LogP contribution < -0.4 is 4.90 Å². The highest BCUT2D eigenvalue weighted by Gasteiger charge is 2.33. The molecule has 1 aromatic rings. The second-order valence-electron chi connectivity index (χ2n) is 4.83. The molecule has 1 aromatic carbocycles. The van der Waals surface area contributed by atoms with Crippen LogP contribution in [0.4, 0.5) is 10.1 Å². The molecule has 0 spiro atoms. The normalized spacial score (nSPS) is 22.5. The predicted octanol–water partition coefficient (Wildman–Crippen LogP) is 1.92. The lowest BCUT2D eigenvalue weighted by molar-refractivity contribution is -0.127. The van der Waals surface area contributed by atoms with E-state index >= 15 is 0 Å². The lowest BCUT2D eigenvalue weighted by Gasteiger charge is -2.30. The van der Waals surface area contributed by atoms with Crippen LogP contribution in [0.5, 0.6) is 0 Å². The number of carbonyl (C=O) groups excluding carboxylic acids is 2. The number of Topliss-reactive ketones (excluding diaryl/α,β-unsaturated/α-hetero) is 1. The molecule has 0 aromatic heterocycles. The van der Waals surface area contributed by atoms with Gasteiger partial charge in [-0.05, 0) is 31.0 Å². The summed E-state index contributed by atoms with van der Waals surface area (Å²) in [7, 11) is 0. The van der Waals surface area contributed by atoms with Gasteiger partial charge in [0.25, 0.3) is 5.91 Å². The molecule has 100 valence electrons. The van der Waals surface area contributed by atoms with Crippen LogP contribution in [0.15, 0.2) is 18.2 Å². The third-order valence-electron chi connectivity index (χ3n) is 3.58. The first kappa shape index (κ1) is 12.3. The molecule has 0 N–H and O–H groups in total. The average Bonchev–Trinajstić information content (AvgIpc) is 2.93. The van der Waals surface area contributed by atoms with Gasteiger partial charge in [-0.15, -0.1) is 0 Å². The Morgan fingerprint density at radius 2 is 2.26 bits per heavy atom. The van der Waals surface area contributed by atoms with Crippen molar-refractivity contribution >= 4 is 17.4 Å². The maximum atomic E-state index is 13.2. The summed E-state index contributed by atoms with van der Waals surface area (Å²) in [5, 5.41) is 0. The van der Waals surface area contributed by atoms with Crippen molar-refractivity contribution in [2.45, 2.75) is 25.4 Å². The van der Waals surface area contributed by atoms with Gasteiger partial charge in [0.15, 0.2) is 5.78 Å². The number of rotatable bonds is 1. The van der Waals surface area contributed by atoms with Gasteiger partial charge >= 0.3 is 0 Å².